The van der Waals surface area contributed by atoms with Gasteiger partial charge >= 0.3 is 12.0 Å². The number of halogens is 2. The smallest absolute Gasteiger partial charge is 0.328 e. The Morgan fingerprint density at radius 1 is 0.842 bits per heavy atom. The fourth-order valence-corrected chi connectivity index (χ4v) is 8.12. The van der Waals surface area contributed by atoms with Gasteiger partial charge in [-0.1, -0.05) is 24.6 Å². The Balaban J connectivity index is 1.31. The van der Waals surface area contributed by atoms with Gasteiger partial charge in [0.1, 0.15) is 54.5 Å². The molecule has 0 aromatic heterocycles. The molecule has 4 heterocycles. The summed E-state index contributed by atoms with van der Waals surface area (Å²) in [6.45, 7) is 5.16. The van der Waals surface area contributed by atoms with Crippen molar-refractivity contribution in [3.05, 3.63) is 65.2 Å². The molecule has 4 aliphatic rings. The highest BCUT2D eigenvalue weighted by molar-refractivity contribution is 5.98. The monoisotopic (exact) mass is 793 g/mol. The lowest BCUT2D eigenvalue weighted by Gasteiger charge is -2.39. The number of esters is 1. The van der Waals surface area contributed by atoms with Crippen molar-refractivity contribution in [1.29, 1.82) is 0 Å². The highest BCUT2D eigenvalue weighted by Crippen LogP contribution is 2.28. The zero-order chi connectivity index (χ0) is 41.0. The van der Waals surface area contributed by atoms with E-state index in [9.17, 15) is 42.3 Å². The van der Waals surface area contributed by atoms with Gasteiger partial charge in [-0.3, -0.25) is 24.0 Å². The second-order valence-electron chi connectivity index (χ2n) is 15.5. The number of benzene rings is 2. The number of ether oxygens (including phenoxy) is 1. The number of hydrogen-bond donors (Lipinski definition) is 4. The summed E-state index contributed by atoms with van der Waals surface area (Å²) in [4.78, 5) is 101. The van der Waals surface area contributed by atoms with E-state index in [4.69, 9.17) is 4.74 Å². The highest BCUT2D eigenvalue weighted by atomic mass is 19.1. The Labute approximate surface area is 329 Å². The molecule has 4 fully saturated rings. The summed E-state index contributed by atoms with van der Waals surface area (Å²) >= 11 is 0. The van der Waals surface area contributed by atoms with Crippen LogP contribution in [-0.2, 0) is 39.9 Å². The Bertz CT molecular complexity index is 1880. The molecule has 0 saturated carbocycles. The summed E-state index contributed by atoms with van der Waals surface area (Å²) in [7, 11) is 0. The van der Waals surface area contributed by atoms with Gasteiger partial charge in [-0.2, -0.15) is 0 Å². The third-order valence-corrected chi connectivity index (χ3v) is 11.0. The van der Waals surface area contributed by atoms with Crippen LogP contribution in [0.15, 0.2) is 42.5 Å². The van der Waals surface area contributed by atoms with E-state index >= 15 is 0 Å². The molecule has 57 heavy (non-hydrogen) atoms. The molecule has 3 unspecified atom stereocenters. The normalized spacial score (nSPS) is 26.5. The van der Waals surface area contributed by atoms with Crippen molar-refractivity contribution in [2.24, 2.45) is 5.92 Å². The molecule has 0 spiro atoms. The molecule has 0 radical (unpaired) electrons. The number of piperidine rings is 1. The van der Waals surface area contributed by atoms with Crippen molar-refractivity contribution >= 4 is 47.2 Å². The number of aryl methyl sites for hydroxylation is 1. The number of amides is 7. The van der Waals surface area contributed by atoms with Crippen LogP contribution < -0.4 is 21.3 Å². The molecule has 7 atom stereocenters. The number of nitrogens with zero attached hydrogens (tertiary/aromatic N) is 3. The van der Waals surface area contributed by atoms with Crippen molar-refractivity contribution in [2.45, 2.75) is 102 Å². The van der Waals surface area contributed by atoms with Gasteiger partial charge in [-0.25, -0.2) is 18.4 Å². The lowest BCUT2D eigenvalue weighted by Crippen LogP contribution is -2.62. The molecule has 4 saturated heterocycles. The van der Waals surface area contributed by atoms with Crippen LogP contribution in [0.2, 0.25) is 0 Å². The first-order valence-electron chi connectivity index (χ1n) is 19.5. The van der Waals surface area contributed by atoms with Crippen molar-refractivity contribution in [3.8, 4) is 0 Å². The second-order valence-corrected chi connectivity index (χ2v) is 15.5. The average Bonchev–Trinajstić information content (AvgIpc) is 3.82. The molecule has 2 aromatic carbocycles. The van der Waals surface area contributed by atoms with Gasteiger partial charge in [0.05, 0.1) is 0 Å². The number of fused-ring (bicyclic) bond motifs is 3. The van der Waals surface area contributed by atoms with Gasteiger partial charge in [0.25, 0.3) is 0 Å². The van der Waals surface area contributed by atoms with E-state index in [2.05, 4.69) is 21.3 Å². The van der Waals surface area contributed by atoms with E-state index in [0.717, 1.165) is 17.7 Å². The minimum absolute atomic E-state index is 0.0266. The molecule has 2 aromatic rings. The van der Waals surface area contributed by atoms with E-state index in [1.807, 2.05) is 13.8 Å². The van der Waals surface area contributed by atoms with Crippen molar-refractivity contribution < 1.29 is 47.1 Å². The van der Waals surface area contributed by atoms with Gasteiger partial charge in [0, 0.05) is 37.8 Å². The van der Waals surface area contributed by atoms with E-state index in [0.29, 0.717) is 37.4 Å². The standard InChI is InChI=1S/C40H49F2N7O8/c1-22-9-11-28(12-10-22)44-40(56)46-29(18-25-16-26(41)19-27(42)17-25)34(50)45-30-21-57-39(55)33-15-23(2)20-49(33)36(52)24(3)43-35(51)31-7-4-5-13-47(31)38(54)32-8-6-14-48(32)37(30)53/h9-12,16-17,19,23-24,29-33H,4-8,13-15,18,20-21H2,1-3H3,(H,43,51)(H,45,50)(H2,44,46,56)/t23-,24-,29-,30-,31?,32?,33?/m0/s1. The number of hydrogen-bond acceptors (Lipinski definition) is 8. The molecule has 4 aliphatic heterocycles. The van der Waals surface area contributed by atoms with Crippen LogP contribution >= 0.6 is 0 Å². The van der Waals surface area contributed by atoms with Crippen LogP contribution in [-0.4, -0.2) is 119 Å². The molecular weight excluding hydrogens is 744 g/mol. The molecule has 6 rings (SSSR count). The highest BCUT2D eigenvalue weighted by Gasteiger charge is 2.46. The number of urea groups is 1. The first kappa shape index (κ1) is 41.0. The zero-order valence-electron chi connectivity index (χ0n) is 32.2. The number of carbonyl (C=O) groups is 7. The molecule has 4 N–H and O–H groups in total. The Morgan fingerprint density at radius 2 is 1.51 bits per heavy atom. The SMILES string of the molecule is Cc1ccc(NC(=O)N[C@@H](Cc2cc(F)cc(F)c2)C(=O)N[C@H]2COC(=O)C3C[C@H](C)CN3C(=O)[C@H](C)NC(=O)C3CCCCN3C(=O)C3CCCN3C2=O)cc1. The minimum atomic E-state index is -1.58. The van der Waals surface area contributed by atoms with Gasteiger partial charge < -0.3 is 40.7 Å². The zero-order valence-corrected chi connectivity index (χ0v) is 32.2. The van der Waals surface area contributed by atoms with Crippen LogP contribution in [0, 0.1) is 24.5 Å². The summed E-state index contributed by atoms with van der Waals surface area (Å²) in [6.07, 6.45) is 2.21. The summed E-state index contributed by atoms with van der Waals surface area (Å²) in [5.74, 6) is -5.92. The quantitative estimate of drug-likeness (QED) is 0.321. The molecule has 0 aliphatic carbocycles. The lowest BCUT2D eigenvalue weighted by molar-refractivity contribution is -0.158. The molecule has 17 heteroatoms. The molecule has 306 valence electrons. The van der Waals surface area contributed by atoms with Crippen molar-refractivity contribution in [1.82, 2.24) is 30.7 Å². The third kappa shape index (κ3) is 9.68. The van der Waals surface area contributed by atoms with Gasteiger partial charge in [0.15, 0.2) is 0 Å². The maximum atomic E-state index is 14.5. The Kier molecular flexibility index (Phi) is 12.7. The number of anilines is 1. The summed E-state index contributed by atoms with van der Waals surface area (Å²) in [5.41, 5.74) is 1.36. The van der Waals surface area contributed by atoms with Crippen LogP contribution in [0.4, 0.5) is 19.3 Å². The third-order valence-electron chi connectivity index (χ3n) is 11.0. The Hall–Kier alpha value is -5.61. The predicted molar refractivity (Wildman–Crippen MR) is 201 cm³/mol. The van der Waals surface area contributed by atoms with Gasteiger partial charge in [-0.15, -0.1) is 0 Å². The van der Waals surface area contributed by atoms with Crippen LogP contribution in [0.3, 0.4) is 0 Å². The van der Waals surface area contributed by atoms with Crippen LogP contribution in [0.5, 0.6) is 0 Å². The average molecular weight is 794 g/mol. The minimum Gasteiger partial charge on any atom is -0.461 e. The molecule has 0 bridgehead atoms. The largest absolute Gasteiger partial charge is 0.461 e. The maximum Gasteiger partial charge on any atom is 0.328 e. The molecular formula is C40H49F2N7O8. The first-order valence-corrected chi connectivity index (χ1v) is 19.5. The van der Waals surface area contributed by atoms with Gasteiger partial charge in [0.2, 0.25) is 29.5 Å². The van der Waals surface area contributed by atoms with E-state index in [-0.39, 0.29) is 44.0 Å². The number of rotatable bonds is 6. The number of nitrogens with one attached hydrogen (secondary N) is 4. The summed E-state index contributed by atoms with van der Waals surface area (Å²) in [5, 5.41) is 10.5. The summed E-state index contributed by atoms with van der Waals surface area (Å²) in [6, 6.07) is 1.63. The van der Waals surface area contributed by atoms with E-state index < -0.39 is 102 Å². The number of carbonyl (C=O) groups excluding carboxylic acids is 7. The maximum absolute atomic E-state index is 14.5. The van der Waals surface area contributed by atoms with E-state index in [1.165, 1.54) is 21.6 Å². The second kappa shape index (κ2) is 17.7. The van der Waals surface area contributed by atoms with Crippen molar-refractivity contribution in [2.75, 3.05) is 31.6 Å². The Morgan fingerprint density at radius 3 is 2.23 bits per heavy atom. The fourth-order valence-electron chi connectivity index (χ4n) is 8.12. The fraction of sp³-hybridized carbons (Fsp3) is 0.525. The topological polar surface area (TPSA) is 187 Å². The van der Waals surface area contributed by atoms with Crippen LogP contribution in [0.25, 0.3) is 0 Å². The van der Waals surface area contributed by atoms with Gasteiger partial charge in [-0.05, 0) is 88.1 Å². The number of cyclic esters (lactones) is 1. The summed E-state index contributed by atoms with van der Waals surface area (Å²) < 4.78 is 34.2. The molecule has 7 amide bonds. The lowest BCUT2D eigenvalue weighted by atomic mass is 9.99. The van der Waals surface area contributed by atoms with Crippen LogP contribution in [0.1, 0.15) is 63.5 Å². The first-order chi connectivity index (χ1) is 27.2. The van der Waals surface area contributed by atoms with Crippen molar-refractivity contribution in [3.63, 3.8) is 0 Å². The molecule has 15 nitrogen and oxygen atoms in total. The predicted octanol–water partition coefficient (Wildman–Crippen LogP) is 2.16. The van der Waals surface area contributed by atoms with E-state index in [1.54, 1.807) is 24.3 Å².